The van der Waals surface area contributed by atoms with Gasteiger partial charge in [-0.15, -0.1) is 11.3 Å². The molecule has 0 unspecified atom stereocenters. The van der Waals surface area contributed by atoms with Crippen molar-refractivity contribution >= 4 is 23.4 Å². The number of alkyl carbamates (subject to hydrolysis) is 1. The number of aromatic nitrogens is 1. The molecule has 1 aromatic heterocycles. The second-order valence-electron chi connectivity index (χ2n) is 6.40. The summed E-state index contributed by atoms with van der Waals surface area (Å²) >= 11 is 1.46. The lowest BCUT2D eigenvalue weighted by molar-refractivity contribution is -0.139. The van der Waals surface area contributed by atoms with Gasteiger partial charge in [-0.2, -0.15) is 0 Å². The first-order chi connectivity index (χ1) is 11.8. The van der Waals surface area contributed by atoms with Crippen molar-refractivity contribution in [3.8, 4) is 10.6 Å². The quantitative estimate of drug-likeness (QED) is 0.823. The molecule has 0 aliphatic rings. The summed E-state index contributed by atoms with van der Waals surface area (Å²) in [6.07, 6.45) is 1.44. The van der Waals surface area contributed by atoms with E-state index in [1.807, 2.05) is 45.0 Å². The van der Waals surface area contributed by atoms with E-state index in [0.29, 0.717) is 6.54 Å². The van der Waals surface area contributed by atoms with E-state index in [1.165, 1.54) is 18.4 Å². The van der Waals surface area contributed by atoms with Crippen molar-refractivity contribution in [2.24, 2.45) is 0 Å². The van der Waals surface area contributed by atoms with Crippen molar-refractivity contribution in [2.75, 3.05) is 7.11 Å². The van der Waals surface area contributed by atoms with Crippen LogP contribution in [0.4, 0.5) is 4.79 Å². The number of nitrogens with zero attached hydrogens (tertiary/aromatic N) is 1. The third kappa shape index (κ3) is 5.86. The van der Waals surface area contributed by atoms with Crippen LogP contribution in [0.5, 0.6) is 0 Å². The molecule has 1 amide bonds. The van der Waals surface area contributed by atoms with Gasteiger partial charge in [0, 0.05) is 16.6 Å². The molecule has 2 rings (SSSR count). The fourth-order valence-electron chi connectivity index (χ4n) is 2.10. The summed E-state index contributed by atoms with van der Waals surface area (Å²) in [5.74, 6) is -0.296. The average molecular weight is 362 g/mol. The van der Waals surface area contributed by atoms with Crippen LogP contribution in [-0.2, 0) is 27.2 Å². The third-order valence-corrected chi connectivity index (χ3v) is 4.20. The number of carbonyl (C=O) groups is 2. The Morgan fingerprint density at radius 2 is 1.96 bits per heavy atom. The van der Waals surface area contributed by atoms with Gasteiger partial charge in [-0.25, -0.2) is 9.78 Å². The minimum absolute atomic E-state index is 0.192. The highest BCUT2D eigenvalue weighted by Crippen LogP contribution is 2.28. The average Bonchev–Trinajstić information content (AvgIpc) is 3.00. The number of methoxy groups -OCH3 is 1. The van der Waals surface area contributed by atoms with Gasteiger partial charge in [-0.05, 0) is 26.3 Å². The van der Waals surface area contributed by atoms with Crippen LogP contribution < -0.4 is 5.32 Å². The Labute approximate surface area is 151 Å². The van der Waals surface area contributed by atoms with E-state index >= 15 is 0 Å². The summed E-state index contributed by atoms with van der Waals surface area (Å²) in [5.41, 5.74) is 1.22. The number of thiazole rings is 1. The number of hydrogen-bond acceptors (Lipinski definition) is 6. The molecule has 0 spiro atoms. The van der Waals surface area contributed by atoms with Gasteiger partial charge in [0.2, 0.25) is 0 Å². The molecule has 0 aliphatic carbocycles. The SMILES string of the molecule is COC(=O)Cc1ccccc1-c1ncc(CNC(=O)OC(C)(C)C)s1. The molecule has 2 aromatic rings. The Morgan fingerprint density at radius 1 is 1.24 bits per heavy atom. The molecule has 0 fully saturated rings. The fraction of sp³-hybridized carbons (Fsp3) is 0.389. The Bertz CT molecular complexity index is 750. The molecule has 1 aromatic carbocycles. The molecule has 1 N–H and O–H groups in total. The van der Waals surface area contributed by atoms with Gasteiger partial charge < -0.3 is 14.8 Å². The zero-order chi connectivity index (χ0) is 18.4. The third-order valence-electron chi connectivity index (χ3n) is 3.17. The summed E-state index contributed by atoms with van der Waals surface area (Å²) in [6.45, 7) is 5.78. The van der Waals surface area contributed by atoms with E-state index in [9.17, 15) is 9.59 Å². The molecule has 0 saturated carbocycles. The Balaban J connectivity index is 2.06. The zero-order valence-electron chi connectivity index (χ0n) is 14.8. The summed E-state index contributed by atoms with van der Waals surface area (Å²) in [6, 6.07) is 7.57. The second kappa shape index (κ2) is 8.11. The van der Waals surface area contributed by atoms with Gasteiger partial charge >= 0.3 is 12.1 Å². The second-order valence-corrected chi connectivity index (χ2v) is 7.51. The number of hydrogen-bond donors (Lipinski definition) is 1. The highest BCUT2D eigenvalue weighted by Gasteiger charge is 2.17. The van der Waals surface area contributed by atoms with Gasteiger partial charge in [0.15, 0.2) is 0 Å². The molecule has 1 heterocycles. The topological polar surface area (TPSA) is 77.5 Å². The predicted molar refractivity (Wildman–Crippen MR) is 96.3 cm³/mol. The lowest BCUT2D eigenvalue weighted by Gasteiger charge is -2.19. The van der Waals surface area contributed by atoms with Crippen LogP contribution in [0.3, 0.4) is 0 Å². The number of nitrogens with one attached hydrogen (secondary N) is 1. The molecular weight excluding hydrogens is 340 g/mol. The fourth-order valence-corrected chi connectivity index (χ4v) is 3.01. The van der Waals surface area contributed by atoms with Crippen molar-refractivity contribution in [2.45, 2.75) is 39.3 Å². The Kier molecular flexibility index (Phi) is 6.14. The zero-order valence-corrected chi connectivity index (χ0v) is 15.6. The van der Waals surface area contributed by atoms with Crippen molar-refractivity contribution in [1.82, 2.24) is 10.3 Å². The molecule has 134 valence electrons. The first kappa shape index (κ1) is 18.9. The lowest BCUT2D eigenvalue weighted by Crippen LogP contribution is -2.31. The predicted octanol–water partition coefficient (Wildman–Crippen LogP) is 3.55. The van der Waals surface area contributed by atoms with E-state index in [-0.39, 0.29) is 12.4 Å². The minimum atomic E-state index is -0.532. The van der Waals surface area contributed by atoms with Crippen LogP contribution >= 0.6 is 11.3 Å². The van der Waals surface area contributed by atoms with Crippen molar-refractivity contribution < 1.29 is 19.1 Å². The molecule has 7 heteroatoms. The summed E-state index contributed by atoms with van der Waals surface area (Å²) in [7, 11) is 1.37. The van der Waals surface area contributed by atoms with Crippen LogP contribution in [0, 0.1) is 0 Å². The molecular formula is C18H22N2O4S. The van der Waals surface area contributed by atoms with Crippen molar-refractivity contribution in [1.29, 1.82) is 0 Å². The van der Waals surface area contributed by atoms with Crippen LogP contribution in [0.25, 0.3) is 10.6 Å². The summed E-state index contributed by atoms with van der Waals surface area (Å²) in [4.78, 5) is 28.6. The number of carbonyl (C=O) groups excluding carboxylic acids is 2. The van der Waals surface area contributed by atoms with Gasteiger partial charge in [-0.1, -0.05) is 24.3 Å². The van der Waals surface area contributed by atoms with Crippen LogP contribution in [0.2, 0.25) is 0 Å². The Morgan fingerprint density at radius 3 is 2.64 bits per heavy atom. The minimum Gasteiger partial charge on any atom is -0.469 e. The van der Waals surface area contributed by atoms with E-state index in [1.54, 1.807) is 6.20 Å². The first-order valence-corrected chi connectivity index (χ1v) is 8.67. The highest BCUT2D eigenvalue weighted by molar-refractivity contribution is 7.15. The van der Waals surface area contributed by atoms with E-state index in [0.717, 1.165) is 21.0 Å². The van der Waals surface area contributed by atoms with Gasteiger partial charge in [0.25, 0.3) is 0 Å². The number of ether oxygens (including phenoxy) is 2. The first-order valence-electron chi connectivity index (χ1n) is 7.85. The maximum absolute atomic E-state index is 11.7. The largest absolute Gasteiger partial charge is 0.469 e. The number of rotatable bonds is 5. The molecule has 0 radical (unpaired) electrons. The summed E-state index contributed by atoms with van der Waals surface area (Å²) < 4.78 is 9.95. The van der Waals surface area contributed by atoms with Crippen molar-refractivity contribution in [3.05, 3.63) is 40.9 Å². The smallest absolute Gasteiger partial charge is 0.407 e. The van der Waals surface area contributed by atoms with E-state index in [2.05, 4.69) is 10.3 Å². The van der Waals surface area contributed by atoms with E-state index in [4.69, 9.17) is 9.47 Å². The number of amides is 1. The van der Waals surface area contributed by atoms with Crippen molar-refractivity contribution in [3.63, 3.8) is 0 Å². The molecule has 6 nitrogen and oxygen atoms in total. The number of benzene rings is 1. The monoisotopic (exact) mass is 362 g/mol. The molecule has 0 atom stereocenters. The maximum atomic E-state index is 11.7. The maximum Gasteiger partial charge on any atom is 0.407 e. The molecule has 0 bridgehead atoms. The van der Waals surface area contributed by atoms with Crippen LogP contribution in [0.15, 0.2) is 30.5 Å². The lowest BCUT2D eigenvalue weighted by atomic mass is 10.1. The van der Waals surface area contributed by atoms with Crippen LogP contribution in [-0.4, -0.2) is 29.8 Å². The van der Waals surface area contributed by atoms with E-state index < -0.39 is 11.7 Å². The molecule has 0 saturated heterocycles. The normalized spacial score (nSPS) is 11.0. The van der Waals surface area contributed by atoms with Gasteiger partial charge in [0.1, 0.15) is 10.6 Å². The Hall–Kier alpha value is -2.41. The standard InChI is InChI=1S/C18H22N2O4S/c1-18(2,3)24-17(22)20-11-13-10-19-16(25-13)14-8-6-5-7-12(14)9-15(21)23-4/h5-8,10H,9,11H2,1-4H3,(H,20,22). The molecule has 0 aliphatic heterocycles. The number of esters is 1. The van der Waals surface area contributed by atoms with Gasteiger partial charge in [0.05, 0.1) is 20.1 Å². The molecule has 25 heavy (non-hydrogen) atoms. The highest BCUT2D eigenvalue weighted by atomic mass is 32.1. The van der Waals surface area contributed by atoms with Crippen LogP contribution in [0.1, 0.15) is 31.2 Å². The van der Waals surface area contributed by atoms with Gasteiger partial charge in [-0.3, -0.25) is 4.79 Å². The summed E-state index contributed by atoms with van der Waals surface area (Å²) in [5, 5.41) is 3.50.